The molecule has 0 amide bonds. The maximum absolute atomic E-state index is 11.2. The summed E-state index contributed by atoms with van der Waals surface area (Å²) in [6, 6.07) is 5.66. The van der Waals surface area contributed by atoms with E-state index in [1.807, 2.05) is 25.1 Å². The van der Waals surface area contributed by atoms with E-state index in [-0.39, 0.29) is 24.4 Å². The van der Waals surface area contributed by atoms with E-state index in [2.05, 4.69) is 5.32 Å². The molecule has 18 heavy (non-hydrogen) atoms. The number of rotatable bonds is 3. The summed E-state index contributed by atoms with van der Waals surface area (Å²) in [6.45, 7) is 2.71. The van der Waals surface area contributed by atoms with Gasteiger partial charge in [-0.25, -0.2) is 0 Å². The molecule has 1 saturated heterocycles. The smallest absolute Gasteiger partial charge is 0.308 e. The van der Waals surface area contributed by atoms with E-state index in [1.54, 1.807) is 7.11 Å². The Labute approximate surface area is 113 Å². The molecule has 0 aromatic heterocycles. The van der Waals surface area contributed by atoms with Crippen LogP contribution in [0.4, 0.5) is 0 Å². The summed E-state index contributed by atoms with van der Waals surface area (Å²) in [5, 5.41) is 12.5. The quantitative estimate of drug-likeness (QED) is 0.885. The van der Waals surface area contributed by atoms with E-state index < -0.39 is 5.97 Å². The van der Waals surface area contributed by atoms with Crippen molar-refractivity contribution in [1.29, 1.82) is 0 Å². The second kappa shape index (κ2) is 6.07. The Morgan fingerprint density at radius 2 is 2.22 bits per heavy atom. The van der Waals surface area contributed by atoms with Gasteiger partial charge in [-0.05, 0) is 37.1 Å². The fraction of sp³-hybridized carbons (Fsp3) is 0.462. The zero-order valence-corrected chi connectivity index (χ0v) is 11.3. The van der Waals surface area contributed by atoms with Crippen LogP contribution in [0.3, 0.4) is 0 Å². The standard InChI is InChI=1S/C13H17NO3.ClH/c1-8-9(4-3-5-11(8)17-2)12-10(13(15)16)6-7-14-12;/h3-5,10,12,14H,6-7H2,1-2H3,(H,15,16);1H/t10-,12-;/m0./s1. The summed E-state index contributed by atoms with van der Waals surface area (Å²) in [6.07, 6.45) is 0.677. The van der Waals surface area contributed by atoms with Crippen molar-refractivity contribution in [3.63, 3.8) is 0 Å². The number of hydrogen-bond acceptors (Lipinski definition) is 3. The molecular formula is C13H18ClNO3. The highest BCUT2D eigenvalue weighted by Crippen LogP contribution is 2.34. The molecule has 0 saturated carbocycles. The maximum Gasteiger partial charge on any atom is 0.308 e. The predicted molar refractivity (Wildman–Crippen MR) is 71.5 cm³/mol. The first-order valence-corrected chi connectivity index (χ1v) is 5.75. The molecule has 1 heterocycles. The molecule has 2 N–H and O–H groups in total. The Kier molecular flexibility index (Phi) is 4.99. The highest BCUT2D eigenvalue weighted by molar-refractivity contribution is 5.85. The van der Waals surface area contributed by atoms with Crippen molar-refractivity contribution < 1.29 is 14.6 Å². The van der Waals surface area contributed by atoms with Gasteiger partial charge < -0.3 is 15.2 Å². The third-order valence-electron chi connectivity index (χ3n) is 3.42. The van der Waals surface area contributed by atoms with Crippen molar-refractivity contribution >= 4 is 18.4 Å². The van der Waals surface area contributed by atoms with Crippen molar-refractivity contribution in [1.82, 2.24) is 5.32 Å². The third kappa shape index (κ3) is 2.60. The van der Waals surface area contributed by atoms with Crippen LogP contribution in [0.5, 0.6) is 5.75 Å². The van der Waals surface area contributed by atoms with Crippen molar-refractivity contribution in [3.05, 3.63) is 29.3 Å². The van der Waals surface area contributed by atoms with Crippen molar-refractivity contribution in [2.45, 2.75) is 19.4 Å². The van der Waals surface area contributed by atoms with Crippen LogP contribution in [0.15, 0.2) is 18.2 Å². The van der Waals surface area contributed by atoms with Gasteiger partial charge in [0.05, 0.1) is 13.0 Å². The molecule has 1 aromatic rings. The number of nitrogens with one attached hydrogen (secondary N) is 1. The van der Waals surface area contributed by atoms with Crippen LogP contribution in [0.2, 0.25) is 0 Å². The number of ether oxygens (including phenoxy) is 1. The highest BCUT2D eigenvalue weighted by Gasteiger charge is 2.34. The Balaban J connectivity index is 0.00000162. The van der Waals surface area contributed by atoms with Crippen molar-refractivity contribution in [3.8, 4) is 5.75 Å². The number of aliphatic carboxylic acids is 1. The Hall–Kier alpha value is -1.26. The van der Waals surface area contributed by atoms with E-state index in [0.29, 0.717) is 6.42 Å². The SMILES string of the molecule is COc1cccc([C@@H]2NCC[C@@H]2C(=O)O)c1C.Cl. The number of carboxylic acid groups (broad SMARTS) is 1. The van der Waals surface area contributed by atoms with E-state index >= 15 is 0 Å². The first-order valence-electron chi connectivity index (χ1n) is 5.75. The van der Waals surface area contributed by atoms with Gasteiger partial charge in [0.25, 0.3) is 0 Å². The van der Waals surface area contributed by atoms with Crippen LogP contribution < -0.4 is 10.1 Å². The van der Waals surface area contributed by atoms with Gasteiger partial charge in [0.15, 0.2) is 0 Å². The van der Waals surface area contributed by atoms with Gasteiger partial charge >= 0.3 is 5.97 Å². The van der Waals surface area contributed by atoms with Gasteiger partial charge in [0.1, 0.15) is 5.75 Å². The molecule has 0 spiro atoms. The van der Waals surface area contributed by atoms with Gasteiger partial charge in [0, 0.05) is 6.04 Å². The molecular weight excluding hydrogens is 254 g/mol. The van der Waals surface area contributed by atoms with Crippen molar-refractivity contribution in [2.75, 3.05) is 13.7 Å². The Morgan fingerprint density at radius 3 is 2.83 bits per heavy atom. The lowest BCUT2D eigenvalue weighted by molar-refractivity contribution is -0.142. The summed E-state index contributed by atoms with van der Waals surface area (Å²) < 4.78 is 5.27. The topological polar surface area (TPSA) is 58.6 Å². The normalized spacial score (nSPS) is 22.3. The summed E-state index contributed by atoms with van der Waals surface area (Å²) in [5.74, 6) is -0.275. The molecule has 0 unspecified atom stereocenters. The largest absolute Gasteiger partial charge is 0.496 e. The number of halogens is 1. The average molecular weight is 272 g/mol. The molecule has 1 fully saturated rings. The molecule has 2 rings (SSSR count). The molecule has 0 radical (unpaired) electrons. The molecule has 0 aliphatic carbocycles. The first kappa shape index (κ1) is 14.8. The minimum absolute atomic E-state index is 0. The van der Waals surface area contributed by atoms with Gasteiger partial charge in [-0.1, -0.05) is 12.1 Å². The summed E-state index contributed by atoms with van der Waals surface area (Å²) in [5.41, 5.74) is 2.04. The molecule has 0 bridgehead atoms. The lowest BCUT2D eigenvalue weighted by Gasteiger charge is -2.20. The second-order valence-electron chi connectivity index (χ2n) is 4.34. The maximum atomic E-state index is 11.2. The van der Waals surface area contributed by atoms with E-state index in [1.165, 1.54) is 0 Å². The molecule has 100 valence electrons. The van der Waals surface area contributed by atoms with Gasteiger partial charge in [-0.2, -0.15) is 0 Å². The third-order valence-corrected chi connectivity index (χ3v) is 3.42. The van der Waals surface area contributed by atoms with E-state index in [0.717, 1.165) is 23.4 Å². The average Bonchev–Trinajstić information content (AvgIpc) is 2.78. The minimum atomic E-state index is -0.734. The van der Waals surface area contributed by atoms with E-state index in [9.17, 15) is 9.90 Å². The summed E-state index contributed by atoms with van der Waals surface area (Å²) in [4.78, 5) is 11.2. The van der Waals surface area contributed by atoms with Gasteiger partial charge in [-0.15, -0.1) is 12.4 Å². The molecule has 1 aromatic carbocycles. The lowest BCUT2D eigenvalue weighted by Crippen LogP contribution is -2.24. The van der Waals surface area contributed by atoms with Crippen LogP contribution in [0.25, 0.3) is 0 Å². The monoisotopic (exact) mass is 271 g/mol. The summed E-state index contributed by atoms with van der Waals surface area (Å²) in [7, 11) is 1.63. The fourth-order valence-corrected chi connectivity index (χ4v) is 2.49. The number of carboxylic acids is 1. The zero-order chi connectivity index (χ0) is 12.4. The predicted octanol–water partition coefficient (Wildman–Crippen LogP) is 2.16. The fourth-order valence-electron chi connectivity index (χ4n) is 2.49. The van der Waals surface area contributed by atoms with Crippen LogP contribution in [0, 0.1) is 12.8 Å². The molecule has 4 nitrogen and oxygen atoms in total. The highest BCUT2D eigenvalue weighted by atomic mass is 35.5. The van der Waals surface area contributed by atoms with Crippen molar-refractivity contribution in [2.24, 2.45) is 5.92 Å². The second-order valence-corrected chi connectivity index (χ2v) is 4.34. The minimum Gasteiger partial charge on any atom is -0.496 e. The van der Waals surface area contributed by atoms with Crippen LogP contribution >= 0.6 is 12.4 Å². The molecule has 5 heteroatoms. The van der Waals surface area contributed by atoms with Crippen LogP contribution in [-0.4, -0.2) is 24.7 Å². The molecule has 1 aliphatic rings. The lowest BCUT2D eigenvalue weighted by atomic mass is 9.91. The summed E-state index contributed by atoms with van der Waals surface area (Å²) >= 11 is 0. The van der Waals surface area contributed by atoms with Crippen LogP contribution in [0.1, 0.15) is 23.6 Å². The number of hydrogen-bond donors (Lipinski definition) is 2. The number of carbonyl (C=O) groups is 1. The first-order chi connectivity index (χ1) is 8.15. The Morgan fingerprint density at radius 1 is 1.50 bits per heavy atom. The van der Waals surface area contributed by atoms with Crippen LogP contribution in [-0.2, 0) is 4.79 Å². The molecule has 1 aliphatic heterocycles. The van der Waals surface area contributed by atoms with E-state index in [4.69, 9.17) is 4.74 Å². The zero-order valence-electron chi connectivity index (χ0n) is 10.5. The Bertz CT molecular complexity index is 436. The number of methoxy groups -OCH3 is 1. The molecule has 2 atom stereocenters. The van der Waals surface area contributed by atoms with Gasteiger partial charge in [0.2, 0.25) is 0 Å². The number of benzene rings is 1. The van der Waals surface area contributed by atoms with Gasteiger partial charge in [-0.3, -0.25) is 4.79 Å².